The van der Waals surface area contributed by atoms with Crippen molar-refractivity contribution in [1.29, 1.82) is 0 Å². The molecule has 1 amide bonds. The Hall–Kier alpha value is -2.20. The number of rotatable bonds is 6. The average molecular weight is 447 g/mol. The van der Waals surface area contributed by atoms with Crippen molar-refractivity contribution in [3.63, 3.8) is 0 Å². The highest BCUT2D eigenvalue weighted by Gasteiger charge is 2.14. The highest BCUT2D eigenvalue weighted by Crippen LogP contribution is 2.26. The fourth-order valence-electron chi connectivity index (χ4n) is 1.50. The number of carbonyl (C=O) groups is 1. The molecule has 0 saturated heterocycles. The van der Waals surface area contributed by atoms with Crippen molar-refractivity contribution in [2.45, 2.75) is 0 Å². The van der Waals surface area contributed by atoms with E-state index in [1.165, 1.54) is 24.4 Å². The molecule has 0 spiro atoms. The molecule has 2 rings (SSSR count). The molecule has 0 aliphatic carbocycles. The van der Waals surface area contributed by atoms with Gasteiger partial charge in [-0.05, 0) is 37.9 Å². The second-order valence-corrected chi connectivity index (χ2v) is 5.65. The number of nitrogens with zero attached hydrogens (tertiary/aromatic N) is 2. The number of nitro groups is 1. The van der Waals surface area contributed by atoms with Gasteiger partial charge in [0.15, 0.2) is 17.0 Å². The standard InChI is InChI=1S/C13H9Br2N3O5/c14-9-5-8(23-13(9)15)6-16-17-12(19)7-22-11-4-2-1-3-10(11)18(20)21/h1-6H,7H2,(H,17,19)/b16-6+. The Morgan fingerprint density at radius 2 is 2.17 bits per heavy atom. The maximum atomic E-state index is 11.6. The summed E-state index contributed by atoms with van der Waals surface area (Å²) in [5, 5.41) is 14.5. The van der Waals surface area contributed by atoms with Gasteiger partial charge in [-0.3, -0.25) is 14.9 Å². The summed E-state index contributed by atoms with van der Waals surface area (Å²) in [6.45, 7) is -0.409. The van der Waals surface area contributed by atoms with E-state index in [1.807, 2.05) is 0 Å². The van der Waals surface area contributed by atoms with E-state index in [1.54, 1.807) is 12.1 Å². The molecule has 0 saturated carbocycles. The molecule has 0 fully saturated rings. The van der Waals surface area contributed by atoms with E-state index in [2.05, 4.69) is 42.4 Å². The number of furan rings is 1. The molecule has 1 heterocycles. The smallest absolute Gasteiger partial charge is 0.310 e. The van der Waals surface area contributed by atoms with E-state index in [-0.39, 0.29) is 11.4 Å². The van der Waals surface area contributed by atoms with Gasteiger partial charge in [-0.2, -0.15) is 5.10 Å². The maximum absolute atomic E-state index is 11.6. The zero-order valence-corrected chi connectivity index (χ0v) is 14.5. The van der Waals surface area contributed by atoms with Gasteiger partial charge in [0.05, 0.1) is 15.6 Å². The molecule has 1 N–H and O–H groups in total. The van der Waals surface area contributed by atoms with Crippen LogP contribution in [0.25, 0.3) is 0 Å². The molecule has 23 heavy (non-hydrogen) atoms. The molecule has 1 aromatic carbocycles. The Morgan fingerprint density at radius 1 is 1.43 bits per heavy atom. The van der Waals surface area contributed by atoms with Crippen LogP contribution in [0.2, 0.25) is 0 Å². The Balaban J connectivity index is 1.87. The van der Waals surface area contributed by atoms with Gasteiger partial charge in [0, 0.05) is 12.1 Å². The minimum absolute atomic E-state index is 0.00975. The van der Waals surface area contributed by atoms with E-state index < -0.39 is 17.4 Å². The van der Waals surface area contributed by atoms with Crippen LogP contribution in [0, 0.1) is 10.1 Å². The van der Waals surface area contributed by atoms with Crippen LogP contribution in [-0.4, -0.2) is 23.7 Å². The van der Waals surface area contributed by atoms with Crippen molar-refractivity contribution >= 4 is 49.7 Å². The second-order valence-electron chi connectivity index (χ2n) is 4.08. The largest absolute Gasteiger partial charge is 0.477 e. The number of halogens is 2. The lowest BCUT2D eigenvalue weighted by Gasteiger charge is -2.05. The van der Waals surface area contributed by atoms with Crippen molar-refractivity contribution in [2.24, 2.45) is 5.10 Å². The molecule has 1 aromatic heterocycles. The van der Waals surface area contributed by atoms with E-state index in [4.69, 9.17) is 9.15 Å². The van der Waals surface area contributed by atoms with Gasteiger partial charge >= 0.3 is 5.69 Å². The first kappa shape index (κ1) is 17.2. The molecule has 0 bridgehead atoms. The lowest BCUT2D eigenvalue weighted by atomic mass is 10.3. The highest BCUT2D eigenvalue weighted by molar-refractivity contribution is 9.13. The monoisotopic (exact) mass is 445 g/mol. The highest BCUT2D eigenvalue weighted by atomic mass is 79.9. The van der Waals surface area contributed by atoms with Gasteiger partial charge in [-0.15, -0.1) is 0 Å². The van der Waals surface area contributed by atoms with E-state index in [0.29, 0.717) is 14.9 Å². The van der Waals surface area contributed by atoms with Crippen molar-refractivity contribution in [3.05, 3.63) is 55.3 Å². The molecule has 0 atom stereocenters. The van der Waals surface area contributed by atoms with Crippen LogP contribution >= 0.6 is 31.9 Å². The predicted octanol–water partition coefficient (Wildman–Crippen LogP) is 3.24. The number of hydrogen-bond donors (Lipinski definition) is 1. The van der Waals surface area contributed by atoms with Crippen LogP contribution in [0.4, 0.5) is 5.69 Å². The maximum Gasteiger partial charge on any atom is 0.310 e. The lowest BCUT2D eigenvalue weighted by Crippen LogP contribution is -2.24. The minimum atomic E-state index is -0.585. The van der Waals surface area contributed by atoms with Crippen molar-refractivity contribution < 1.29 is 18.9 Å². The van der Waals surface area contributed by atoms with Crippen LogP contribution in [0.5, 0.6) is 5.75 Å². The lowest BCUT2D eigenvalue weighted by molar-refractivity contribution is -0.385. The molecule has 0 aliphatic rings. The molecular weight excluding hydrogens is 438 g/mol. The molecule has 2 aromatic rings. The normalized spacial score (nSPS) is 10.7. The molecule has 0 unspecified atom stereocenters. The SMILES string of the molecule is O=C(COc1ccccc1[N+](=O)[O-])N/N=C/c1cc(Br)c(Br)o1. The van der Waals surface area contributed by atoms with Gasteiger partial charge in [-0.1, -0.05) is 12.1 Å². The molecular formula is C13H9Br2N3O5. The first-order valence-electron chi connectivity index (χ1n) is 6.10. The molecule has 8 nitrogen and oxygen atoms in total. The molecule has 0 aliphatic heterocycles. The predicted molar refractivity (Wildman–Crippen MR) is 88.4 cm³/mol. The summed E-state index contributed by atoms with van der Waals surface area (Å²) in [5.41, 5.74) is 2.01. The number of benzene rings is 1. The summed E-state index contributed by atoms with van der Waals surface area (Å²) in [5.74, 6) is -0.136. The van der Waals surface area contributed by atoms with Crippen molar-refractivity contribution in [2.75, 3.05) is 6.61 Å². The Labute approximate surface area is 146 Å². The Bertz CT molecular complexity index is 740. The van der Waals surface area contributed by atoms with Crippen LogP contribution < -0.4 is 10.2 Å². The van der Waals surface area contributed by atoms with Gasteiger partial charge in [0.1, 0.15) is 5.76 Å². The third kappa shape index (κ3) is 4.89. The van der Waals surface area contributed by atoms with E-state index in [9.17, 15) is 14.9 Å². The summed E-state index contributed by atoms with van der Waals surface area (Å²) >= 11 is 6.41. The number of para-hydroxylation sites is 2. The minimum Gasteiger partial charge on any atom is -0.477 e. The van der Waals surface area contributed by atoms with Gasteiger partial charge in [0.2, 0.25) is 0 Å². The fourth-order valence-corrected chi connectivity index (χ4v) is 2.11. The zero-order valence-electron chi connectivity index (χ0n) is 11.4. The summed E-state index contributed by atoms with van der Waals surface area (Å²) in [6.07, 6.45) is 1.30. The number of amides is 1. The van der Waals surface area contributed by atoms with E-state index in [0.717, 1.165) is 0 Å². The summed E-state index contributed by atoms with van der Waals surface area (Å²) < 4.78 is 11.6. The number of hydrazone groups is 1. The van der Waals surface area contributed by atoms with Crippen molar-refractivity contribution in [1.82, 2.24) is 5.43 Å². The number of nitrogens with one attached hydrogen (secondary N) is 1. The molecule has 120 valence electrons. The van der Waals surface area contributed by atoms with E-state index >= 15 is 0 Å². The Kier molecular flexibility index (Phi) is 5.88. The number of carbonyl (C=O) groups excluding carboxylic acids is 1. The topological polar surface area (TPSA) is 107 Å². The fraction of sp³-hybridized carbons (Fsp3) is 0.0769. The third-order valence-electron chi connectivity index (χ3n) is 2.47. The Morgan fingerprint density at radius 3 is 2.83 bits per heavy atom. The van der Waals surface area contributed by atoms with Crippen molar-refractivity contribution in [3.8, 4) is 5.75 Å². The van der Waals surface area contributed by atoms with Gasteiger partial charge < -0.3 is 9.15 Å². The average Bonchev–Trinajstić information content (AvgIpc) is 2.83. The number of ether oxygens (including phenoxy) is 1. The van der Waals surface area contributed by atoms with Crippen LogP contribution in [0.1, 0.15) is 5.76 Å². The first-order valence-corrected chi connectivity index (χ1v) is 7.69. The quantitative estimate of drug-likeness (QED) is 0.416. The third-order valence-corrected chi connectivity index (χ3v) is 4.18. The summed E-state index contributed by atoms with van der Waals surface area (Å²) in [4.78, 5) is 21.8. The first-order chi connectivity index (χ1) is 11.0. The van der Waals surface area contributed by atoms with Crippen LogP contribution in [0.15, 0.2) is 49.0 Å². The molecule has 0 radical (unpaired) electrons. The number of nitro benzene ring substituents is 1. The second kappa shape index (κ2) is 7.88. The summed E-state index contributed by atoms with van der Waals surface area (Å²) in [7, 11) is 0. The van der Waals surface area contributed by atoms with Gasteiger partial charge in [-0.25, -0.2) is 5.43 Å². The molecule has 10 heteroatoms. The van der Waals surface area contributed by atoms with Crippen LogP contribution in [0.3, 0.4) is 0 Å². The van der Waals surface area contributed by atoms with Gasteiger partial charge in [0.25, 0.3) is 5.91 Å². The summed E-state index contributed by atoms with van der Waals surface area (Å²) in [6, 6.07) is 7.44. The van der Waals surface area contributed by atoms with Crippen LogP contribution in [-0.2, 0) is 4.79 Å². The zero-order chi connectivity index (χ0) is 16.8. The number of hydrogen-bond acceptors (Lipinski definition) is 6.